The highest BCUT2D eigenvalue weighted by molar-refractivity contribution is 6.35. The van der Waals surface area contributed by atoms with Crippen LogP contribution < -0.4 is 25.5 Å². The fraction of sp³-hybridized carbons (Fsp3) is 0.167. The van der Waals surface area contributed by atoms with Gasteiger partial charge < -0.3 is 24.5 Å². The summed E-state index contributed by atoms with van der Waals surface area (Å²) < 4.78 is 16.0. The predicted molar refractivity (Wildman–Crippen MR) is 130 cm³/mol. The molecule has 2 aromatic carbocycles. The quantitative estimate of drug-likeness (QED) is 0.236. The number of halogens is 1. The number of benzene rings is 2. The van der Waals surface area contributed by atoms with E-state index in [9.17, 15) is 14.4 Å². The van der Waals surface area contributed by atoms with Crippen molar-refractivity contribution in [2.45, 2.75) is 13.5 Å². The van der Waals surface area contributed by atoms with Gasteiger partial charge in [-0.15, -0.1) is 0 Å². The van der Waals surface area contributed by atoms with Gasteiger partial charge in [-0.25, -0.2) is 5.43 Å². The lowest BCUT2D eigenvalue weighted by Crippen LogP contribution is -2.37. The van der Waals surface area contributed by atoms with Gasteiger partial charge in [0.05, 0.1) is 26.1 Å². The van der Waals surface area contributed by atoms with Gasteiger partial charge in [0.2, 0.25) is 0 Å². The molecular weight excluding hydrogens is 476 g/mol. The van der Waals surface area contributed by atoms with E-state index < -0.39 is 11.8 Å². The van der Waals surface area contributed by atoms with E-state index in [1.165, 1.54) is 19.6 Å². The van der Waals surface area contributed by atoms with E-state index >= 15 is 0 Å². The summed E-state index contributed by atoms with van der Waals surface area (Å²) in [5, 5.41) is 9.47. The molecule has 1 heterocycles. The van der Waals surface area contributed by atoms with Gasteiger partial charge in [0.25, 0.3) is 5.91 Å². The number of carbonyl (C=O) groups is 3. The molecule has 0 aliphatic carbocycles. The normalized spacial score (nSPS) is 10.6. The molecule has 182 valence electrons. The van der Waals surface area contributed by atoms with Crippen LogP contribution in [0.3, 0.4) is 0 Å². The van der Waals surface area contributed by atoms with Crippen molar-refractivity contribution in [3.05, 3.63) is 76.7 Å². The summed E-state index contributed by atoms with van der Waals surface area (Å²) in [7, 11) is 1.45. The second-order valence-corrected chi connectivity index (χ2v) is 7.53. The lowest BCUT2D eigenvalue weighted by atomic mass is 10.2. The van der Waals surface area contributed by atoms with Crippen molar-refractivity contribution in [1.29, 1.82) is 0 Å². The van der Waals surface area contributed by atoms with Crippen molar-refractivity contribution in [3.63, 3.8) is 0 Å². The van der Waals surface area contributed by atoms with Gasteiger partial charge >= 0.3 is 11.8 Å². The molecule has 10 nitrogen and oxygen atoms in total. The van der Waals surface area contributed by atoms with E-state index in [0.29, 0.717) is 33.5 Å². The molecule has 0 unspecified atom stereocenters. The van der Waals surface area contributed by atoms with Gasteiger partial charge in [-0.3, -0.25) is 14.4 Å². The van der Waals surface area contributed by atoms with Crippen molar-refractivity contribution in [2.24, 2.45) is 5.10 Å². The van der Waals surface area contributed by atoms with E-state index in [4.69, 9.17) is 25.5 Å². The zero-order valence-electron chi connectivity index (χ0n) is 19.0. The lowest BCUT2D eigenvalue weighted by Gasteiger charge is -2.12. The number of hydrazone groups is 1. The van der Waals surface area contributed by atoms with E-state index in [-0.39, 0.29) is 19.1 Å². The fourth-order valence-corrected chi connectivity index (χ4v) is 3.01. The Kier molecular flexibility index (Phi) is 8.85. The molecule has 35 heavy (non-hydrogen) atoms. The van der Waals surface area contributed by atoms with Crippen LogP contribution >= 0.6 is 11.6 Å². The van der Waals surface area contributed by atoms with Gasteiger partial charge in [-0.05, 0) is 60.5 Å². The fourth-order valence-electron chi connectivity index (χ4n) is 2.83. The molecule has 3 amide bonds. The average Bonchev–Trinajstić information content (AvgIpc) is 3.38. The molecule has 11 heteroatoms. The minimum atomic E-state index is -0.930. The van der Waals surface area contributed by atoms with Crippen molar-refractivity contribution < 1.29 is 28.3 Å². The number of amides is 3. The number of ether oxygens (including phenoxy) is 2. The van der Waals surface area contributed by atoms with Crippen molar-refractivity contribution >= 4 is 41.2 Å². The first kappa shape index (κ1) is 25.3. The van der Waals surface area contributed by atoms with Crippen LogP contribution in [0.15, 0.2) is 64.3 Å². The highest BCUT2D eigenvalue weighted by Gasteiger charge is 2.13. The molecule has 0 saturated heterocycles. The minimum Gasteiger partial charge on any atom is -0.493 e. The number of anilines is 1. The summed E-state index contributed by atoms with van der Waals surface area (Å²) >= 11 is 6.07. The highest BCUT2D eigenvalue weighted by atomic mass is 35.5. The predicted octanol–water partition coefficient (Wildman–Crippen LogP) is 3.03. The van der Waals surface area contributed by atoms with Gasteiger partial charge in [0, 0.05) is 10.7 Å². The number of hydrogen-bond donors (Lipinski definition) is 3. The SMILES string of the molecule is COc1cc(/C=N\NC(=O)C(=O)NCc2ccco2)ccc1OCC(=O)Nc1cccc(Cl)c1C. The number of nitrogens with zero attached hydrogens (tertiary/aromatic N) is 1. The number of hydrogen-bond acceptors (Lipinski definition) is 7. The van der Waals surface area contributed by atoms with Crippen LogP contribution in [0.2, 0.25) is 5.02 Å². The Balaban J connectivity index is 1.51. The van der Waals surface area contributed by atoms with E-state index in [1.54, 1.807) is 55.5 Å². The maximum Gasteiger partial charge on any atom is 0.329 e. The molecule has 3 N–H and O–H groups in total. The van der Waals surface area contributed by atoms with Crippen molar-refractivity contribution in [1.82, 2.24) is 10.7 Å². The smallest absolute Gasteiger partial charge is 0.329 e. The van der Waals surface area contributed by atoms with Crippen molar-refractivity contribution in [3.8, 4) is 11.5 Å². The molecule has 0 fully saturated rings. The molecule has 0 aliphatic rings. The molecule has 0 bridgehead atoms. The van der Waals surface area contributed by atoms with Crippen LogP contribution in [0.25, 0.3) is 0 Å². The molecule has 0 saturated carbocycles. The van der Waals surface area contributed by atoms with Crippen LogP contribution in [0.5, 0.6) is 11.5 Å². The zero-order chi connectivity index (χ0) is 25.2. The Morgan fingerprint density at radius 3 is 2.66 bits per heavy atom. The van der Waals surface area contributed by atoms with Crippen LogP contribution in [0.1, 0.15) is 16.9 Å². The van der Waals surface area contributed by atoms with Crippen LogP contribution in [-0.2, 0) is 20.9 Å². The summed E-state index contributed by atoms with van der Waals surface area (Å²) in [6.07, 6.45) is 2.80. The summed E-state index contributed by atoms with van der Waals surface area (Å²) in [6, 6.07) is 13.4. The summed E-state index contributed by atoms with van der Waals surface area (Å²) in [6.45, 7) is 1.63. The molecule has 1 aromatic heterocycles. The second kappa shape index (κ2) is 12.2. The van der Waals surface area contributed by atoms with E-state index in [0.717, 1.165) is 5.56 Å². The lowest BCUT2D eigenvalue weighted by molar-refractivity contribution is -0.139. The number of carbonyl (C=O) groups excluding carboxylic acids is 3. The average molecular weight is 499 g/mol. The van der Waals surface area contributed by atoms with E-state index in [1.807, 2.05) is 0 Å². The number of methoxy groups -OCH3 is 1. The van der Waals surface area contributed by atoms with Crippen LogP contribution in [-0.4, -0.2) is 37.7 Å². The van der Waals surface area contributed by atoms with Crippen molar-refractivity contribution in [2.75, 3.05) is 19.0 Å². The third-order valence-corrected chi connectivity index (χ3v) is 5.09. The van der Waals surface area contributed by atoms with Gasteiger partial charge in [0.15, 0.2) is 18.1 Å². The molecule has 3 rings (SSSR count). The number of nitrogens with one attached hydrogen (secondary N) is 3. The zero-order valence-corrected chi connectivity index (χ0v) is 19.7. The molecular formula is C24H23ClN4O6. The first-order valence-electron chi connectivity index (χ1n) is 10.4. The third kappa shape index (κ3) is 7.34. The highest BCUT2D eigenvalue weighted by Crippen LogP contribution is 2.28. The largest absolute Gasteiger partial charge is 0.493 e. The molecule has 0 radical (unpaired) electrons. The van der Waals surface area contributed by atoms with Crippen LogP contribution in [0, 0.1) is 6.92 Å². The Hall–Kier alpha value is -4.31. The summed E-state index contributed by atoms with van der Waals surface area (Å²) in [5.74, 6) is -0.948. The Morgan fingerprint density at radius 1 is 1.09 bits per heavy atom. The standard InChI is InChI=1S/C24H23ClN4O6/c1-15-18(25)6-3-7-19(15)28-22(30)14-35-20-9-8-16(11-21(20)33-2)12-27-29-24(32)23(31)26-13-17-5-4-10-34-17/h3-12H,13-14H2,1-2H3,(H,26,31)(H,28,30)(H,29,32)/b27-12-. The first-order chi connectivity index (χ1) is 16.9. The van der Waals surface area contributed by atoms with E-state index in [2.05, 4.69) is 21.2 Å². The minimum absolute atomic E-state index is 0.0817. The molecule has 0 spiro atoms. The van der Waals surface area contributed by atoms with Gasteiger partial charge in [-0.2, -0.15) is 5.10 Å². The Bertz CT molecular complexity index is 1230. The van der Waals surface area contributed by atoms with Crippen LogP contribution in [0.4, 0.5) is 5.69 Å². The molecule has 0 aliphatic heterocycles. The molecule has 0 atom stereocenters. The van der Waals surface area contributed by atoms with Gasteiger partial charge in [0.1, 0.15) is 5.76 Å². The maximum atomic E-state index is 12.3. The Labute approximate surface area is 206 Å². The second-order valence-electron chi connectivity index (χ2n) is 7.12. The first-order valence-corrected chi connectivity index (χ1v) is 10.7. The van der Waals surface area contributed by atoms with Gasteiger partial charge in [-0.1, -0.05) is 17.7 Å². The summed E-state index contributed by atoms with van der Waals surface area (Å²) in [5.41, 5.74) is 4.05. The molecule has 3 aromatic rings. The Morgan fingerprint density at radius 2 is 1.91 bits per heavy atom. The monoisotopic (exact) mass is 498 g/mol. The number of rotatable bonds is 9. The summed E-state index contributed by atoms with van der Waals surface area (Å²) in [4.78, 5) is 35.9. The third-order valence-electron chi connectivity index (χ3n) is 4.68. The maximum absolute atomic E-state index is 12.3. The topological polar surface area (TPSA) is 131 Å². The number of furan rings is 1.